The highest BCUT2D eigenvalue weighted by atomic mass is 35.5. The first kappa shape index (κ1) is 30.3. The normalized spacial score (nSPS) is 15.1. The molecule has 3 rings (SSSR count). The smallest absolute Gasteiger partial charge is 0.244 e. The summed E-state index contributed by atoms with van der Waals surface area (Å²) in [6.07, 6.45) is 6.53. The number of anilines is 1. The Balaban J connectivity index is 1.96. The van der Waals surface area contributed by atoms with Crippen LogP contribution in [0.2, 0.25) is 10.0 Å². The van der Waals surface area contributed by atoms with Gasteiger partial charge < -0.3 is 10.2 Å². The summed E-state index contributed by atoms with van der Waals surface area (Å²) in [6.45, 7) is 5.18. The third-order valence-electron chi connectivity index (χ3n) is 6.87. The molecule has 2 aromatic carbocycles. The average molecular weight is 583 g/mol. The Morgan fingerprint density at radius 1 is 1.03 bits per heavy atom. The Hall–Kier alpha value is -2.29. The first-order valence-electron chi connectivity index (χ1n) is 13.0. The fourth-order valence-corrected chi connectivity index (χ4v) is 6.31. The molecule has 0 unspecified atom stereocenters. The summed E-state index contributed by atoms with van der Waals surface area (Å²) < 4.78 is 26.8. The summed E-state index contributed by atoms with van der Waals surface area (Å²) in [6, 6.07) is 9.65. The number of nitrogens with zero attached hydrogens (tertiary/aromatic N) is 2. The van der Waals surface area contributed by atoms with Gasteiger partial charge in [-0.05, 0) is 74.1 Å². The van der Waals surface area contributed by atoms with E-state index >= 15 is 0 Å². The second kappa shape index (κ2) is 13.2. The molecule has 2 aromatic rings. The SMILES string of the molecule is CC[C@@H](C(=O)NC1CCCCC1)N(Cc1ccc(Cl)cc1Cl)C(=O)CN(c1cc(C)cc(C)c1)S(C)(=O)=O. The number of rotatable bonds is 10. The molecule has 1 saturated carbocycles. The Labute approximate surface area is 236 Å². The van der Waals surface area contributed by atoms with Gasteiger partial charge >= 0.3 is 0 Å². The summed E-state index contributed by atoms with van der Waals surface area (Å²) in [5, 5.41) is 3.95. The zero-order chi connectivity index (χ0) is 28.0. The van der Waals surface area contributed by atoms with E-state index in [0.29, 0.717) is 27.7 Å². The van der Waals surface area contributed by atoms with E-state index in [1.54, 1.807) is 30.3 Å². The van der Waals surface area contributed by atoms with Crippen LogP contribution in [0.25, 0.3) is 0 Å². The molecule has 0 aliphatic heterocycles. The summed E-state index contributed by atoms with van der Waals surface area (Å²) >= 11 is 12.5. The van der Waals surface area contributed by atoms with Gasteiger partial charge in [0.1, 0.15) is 12.6 Å². The molecule has 1 aliphatic rings. The predicted molar refractivity (Wildman–Crippen MR) is 154 cm³/mol. The molecule has 208 valence electrons. The summed E-state index contributed by atoms with van der Waals surface area (Å²) in [5.41, 5.74) is 2.78. The number of sulfonamides is 1. The van der Waals surface area contributed by atoms with Gasteiger partial charge in [-0.2, -0.15) is 0 Å². The Kier molecular flexibility index (Phi) is 10.5. The summed E-state index contributed by atoms with van der Waals surface area (Å²) in [4.78, 5) is 28.8. The van der Waals surface area contributed by atoms with E-state index in [1.807, 2.05) is 26.8 Å². The number of amides is 2. The molecule has 0 aromatic heterocycles. The van der Waals surface area contributed by atoms with Crippen molar-refractivity contribution in [1.82, 2.24) is 10.2 Å². The van der Waals surface area contributed by atoms with Crippen LogP contribution in [0.1, 0.15) is 62.1 Å². The second-order valence-electron chi connectivity index (χ2n) is 10.1. The Morgan fingerprint density at radius 2 is 1.66 bits per heavy atom. The van der Waals surface area contributed by atoms with Gasteiger partial charge in [0, 0.05) is 22.6 Å². The van der Waals surface area contributed by atoms with Gasteiger partial charge in [-0.25, -0.2) is 8.42 Å². The molecule has 0 heterocycles. The summed E-state index contributed by atoms with van der Waals surface area (Å²) in [5.74, 6) is -0.735. The highest BCUT2D eigenvalue weighted by Gasteiger charge is 2.33. The largest absolute Gasteiger partial charge is 0.352 e. The number of carbonyl (C=O) groups excluding carboxylic acids is 2. The van der Waals surface area contributed by atoms with Crippen molar-refractivity contribution >= 4 is 50.7 Å². The van der Waals surface area contributed by atoms with Crippen LogP contribution in [0, 0.1) is 13.8 Å². The van der Waals surface area contributed by atoms with E-state index in [1.165, 1.54) is 4.90 Å². The van der Waals surface area contributed by atoms with E-state index in [2.05, 4.69) is 5.32 Å². The van der Waals surface area contributed by atoms with Gasteiger partial charge in [-0.15, -0.1) is 0 Å². The number of hydrogen-bond donors (Lipinski definition) is 1. The van der Waals surface area contributed by atoms with Gasteiger partial charge in [-0.3, -0.25) is 13.9 Å². The molecule has 38 heavy (non-hydrogen) atoms. The van der Waals surface area contributed by atoms with Crippen molar-refractivity contribution in [3.63, 3.8) is 0 Å². The first-order valence-corrected chi connectivity index (χ1v) is 15.6. The minimum Gasteiger partial charge on any atom is -0.352 e. The highest BCUT2D eigenvalue weighted by Crippen LogP contribution is 2.26. The van der Waals surface area contributed by atoms with Crippen LogP contribution in [-0.2, 0) is 26.2 Å². The fourth-order valence-electron chi connectivity index (χ4n) is 5.01. The minimum absolute atomic E-state index is 0.0376. The van der Waals surface area contributed by atoms with Crippen molar-refractivity contribution in [1.29, 1.82) is 0 Å². The number of hydrogen-bond acceptors (Lipinski definition) is 4. The van der Waals surface area contributed by atoms with Crippen molar-refractivity contribution in [2.45, 2.75) is 77.9 Å². The maximum Gasteiger partial charge on any atom is 0.244 e. The lowest BCUT2D eigenvalue weighted by atomic mass is 9.95. The molecule has 0 spiro atoms. The molecule has 0 radical (unpaired) electrons. The van der Waals surface area contributed by atoms with Gasteiger partial charge in [0.25, 0.3) is 0 Å². The average Bonchev–Trinajstić information content (AvgIpc) is 2.82. The molecule has 10 heteroatoms. The van der Waals surface area contributed by atoms with E-state index in [-0.39, 0.29) is 18.5 Å². The van der Waals surface area contributed by atoms with E-state index in [0.717, 1.165) is 53.8 Å². The second-order valence-corrected chi connectivity index (χ2v) is 12.9. The fraction of sp³-hybridized carbons (Fsp3) is 0.500. The van der Waals surface area contributed by atoms with Crippen molar-refractivity contribution < 1.29 is 18.0 Å². The monoisotopic (exact) mass is 581 g/mol. The lowest BCUT2D eigenvalue weighted by Gasteiger charge is -2.34. The maximum absolute atomic E-state index is 13.9. The van der Waals surface area contributed by atoms with Crippen molar-refractivity contribution in [3.8, 4) is 0 Å². The van der Waals surface area contributed by atoms with Crippen LogP contribution in [0.3, 0.4) is 0 Å². The number of benzene rings is 2. The van der Waals surface area contributed by atoms with E-state index < -0.39 is 28.5 Å². The maximum atomic E-state index is 13.9. The van der Waals surface area contributed by atoms with Crippen LogP contribution in [0.5, 0.6) is 0 Å². The molecular weight excluding hydrogens is 545 g/mol. The molecule has 1 N–H and O–H groups in total. The number of nitrogens with one attached hydrogen (secondary N) is 1. The minimum atomic E-state index is -3.80. The van der Waals surface area contributed by atoms with E-state index in [4.69, 9.17) is 23.2 Å². The zero-order valence-electron chi connectivity index (χ0n) is 22.5. The van der Waals surface area contributed by atoms with Gasteiger partial charge in [0.05, 0.1) is 11.9 Å². The highest BCUT2D eigenvalue weighted by molar-refractivity contribution is 7.92. The van der Waals surface area contributed by atoms with Crippen LogP contribution in [0.4, 0.5) is 5.69 Å². The molecule has 1 atom stereocenters. The van der Waals surface area contributed by atoms with Gasteiger partial charge in [0.15, 0.2) is 0 Å². The molecule has 2 amide bonds. The Bertz CT molecular complexity index is 1240. The van der Waals surface area contributed by atoms with Gasteiger partial charge in [0.2, 0.25) is 21.8 Å². The third kappa shape index (κ3) is 8.10. The van der Waals surface area contributed by atoms with Crippen molar-refractivity contribution in [2.24, 2.45) is 0 Å². The molecule has 1 fully saturated rings. The van der Waals surface area contributed by atoms with Crippen LogP contribution in [0.15, 0.2) is 36.4 Å². The number of carbonyl (C=O) groups is 2. The molecule has 0 saturated heterocycles. The lowest BCUT2D eigenvalue weighted by Crippen LogP contribution is -2.54. The third-order valence-corrected chi connectivity index (χ3v) is 8.59. The van der Waals surface area contributed by atoms with Crippen LogP contribution >= 0.6 is 23.2 Å². The van der Waals surface area contributed by atoms with Crippen LogP contribution < -0.4 is 9.62 Å². The number of halogens is 2. The predicted octanol–water partition coefficient (Wildman–Crippen LogP) is 5.63. The molecule has 0 bridgehead atoms. The van der Waals surface area contributed by atoms with Crippen molar-refractivity contribution in [3.05, 3.63) is 63.1 Å². The lowest BCUT2D eigenvalue weighted by molar-refractivity contribution is -0.140. The summed E-state index contributed by atoms with van der Waals surface area (Å²) in [7, 11) is -3.80. The molecule has 1 aliphatic carbocycles. The number of aryl methyl sites for hydroxylation is 2. The standard InChI is InChI=1S/C28H37Cl2N3O4S/c1-5-26(28(35)31-23-9-7-6-8-10-23)32(17-21-11-12-22(29)16-25(21)30)27(34)18-33(38(4,36)37)24-14-19(2)13-20(3)15-24/h11-16,23,26H,5-10,17-18H2,1-4H3,(H,31,35)/t26-/m0/s1. The zero-order valence-corrected chi connectivity index (χ0v) is 24.8. The topological polar surface area (TPSA) is 86.8 Å². The Morgan fingerprint density at radius 3 is 2.21 bits per heavy atom. The van der Waals surface area contributed by atoms with Crippen LogP contribution in [-0.4, -0.2) is 50.0 Å². The molecule has 7 nitrogen and oxygen atoms in total. The molecular formula is C28H37Cl2N3O4S. The quantitative estimate of drug-likeness (QED) is 0.393. The van der Waals surface area contributed by atoms with Crippen molar-refractivity contribution in [2.75, 3.05) is 17.1 Å². The first-order chi connectivity index (χ1) is 17.9. The van der Waals surface area contributed by atoms with Gasteiger partial charge in [-0.1, -0.05) is 61.5 Å². The van der Waals surface area contributed by atoms with E-state index in [9.17, 15) is 18.0 Å².